The average molecular weight is 501 g/mol. The van der Waals surface area contributed by atoms with Crippen LogP contribution in [0.3, 0.4) is 0 Å². The van der Waals surface area contributed by atoms with Crippen LogP contribution in [0, 0.1) is 13.8 Å². The van der Waals surface area contributed by atoms with Gasteiger partial charge in [0.15, 0.2) is 0 Å². The summed E-state index contributed by atoms with van der Waals surface area (Å²) in [5, 5.41) is 3.22. The van der Waals surface area contributed by atoms with E-state index >= 15 is 0 Å². The first-order valence-corrected chi connectivity index (χ1v) is 12.8. The number of halogens is 1. The van der Waals surface area contributed by atoms with Crippen LogP contribution in [-0.2, 0) is 14.8 Å². The molecule has 3 aromatic rings. The zero-order valence-electron chi connectivity index (χ0n) is 19.7. The second kappa shape index (κ2) is 10.9. The number of nitrogens with zero attached hydrogens (tertiary/aromatic N) is 1. The van der Waals surface area contributed by atoms with Crippen molar-refractivity contribution in [2.45, 2.75) is 38.1 Å². The summed E-state index contributed by atoms with van der Waals surface area (Å²) in [6.45, 7) is 5.44. The van der Waals surface area contributed by atoms with Gasteiger partial charge in [-0.3, -0.25) is 9.10 Å². The summed E-state index contributed by atoms with van der Waals surface area (Å²) in [7, 11) is -2.56. The van der Waals surface area contributed by atoms with Gasteiger partial charge in [-0.1, -0.05) is 66.0 Å². The van der Waals surface area contributed by atoms with E-state index in [0.717, 1.165) is 21.0 Å². The molecule has 1 amide bonds. The minimum atomic E-state index is -4.04. The van der Waals surface area contributed by atoms with E-state index in [1.54, 1.807) is 24.3 Å². The molecule has 0 saturated heterocycles. The van der Waals surface area contributed by atoms with Gasteiger partial charge in [-0.25, -0.2) is 8.42 Å². The van der Waals surface area contributed by atoms with Gasteiger partial charge in [-0.2, -0.15) is 0 Å². The monoisotopic (exact) mass is 500 g/mol. The molecular formula is C26H29ClN2O4S. The lowest BCUT2D eigenvalue weighted by Crippen LogP contribution is -2.42. The normalized spacial score (nSPS) is 12.1. The summed E-state index contributed by atoms with van der Waals surface area (Å²) < 4.78 is 33.4. The summed E-state index contributed by atoms with van der Waals surface area (Å²) in [6.07, 6.45) is 0.661. The van der Waals surface area contributed by atoms with Crippen molar-refractivity contribution in [2.24, 2.45) is 0 Å². The first kappa shape index (κ1) is 25.6. The predicted octanol–water partition coefficient (Wildman–Crippen LogP) is 5.43. The third-order valence-electron chi connectivity index (χ3n) is 5.54. The molecule has 0 fully saturated rings. The molecule has 0 aliphatic heterocycles. The summed E-state index contributed by atoms with van der Waals surface area (Å²) in [6, 6.07) is 18.8. The molecule has 34 heavy (non-hydrogen) atoms. The number of ether oxygens (including phenoxy) is 1. The number of methoxy groups -OCH3 is 1. The van der Waals surface area contributed by atoms with Crippen LogP contribution in [0.25, 0.3) is 0 Å². The topological polar surface area (TPSA) is 75.7 Å². The lowest BCUT2D eigenvalue weighted by atomic mass is 10.0. The Labute approximate surface area is 206 Å². The summed E-state index contributed by atoms with van der Waals surface area (Å²) in [5.74, 6) is -0.0111. The van der Waals surface area contributed by atoms with Crippen LogP contribution < -0.4 is 14.4 Å². The number of nitrogens with one attached hydrogen (secondary N) is 1. The van der Waals surface area contributed by atoms with Crippen LogP contribution in [0.4, 0.5) is 5.69 Å². The number of carbonyl (C=O) groups excluding carboxylic acids is 1. The molecule has 0 heterocycles. The standard InChI is InChI=1S/C26H29ClN2O4S/c1-5-24(20-10-6-18(2)7-11-20)28-26(30)17-29(21-12-15-25(33-4)23(27)16-21)34(31,32)22-13-8-19(3)9-14-22/h6-16,24H,5,17H2,1-4H3,(H,28,30). The fraction of sp³-hybridized carbons (Fsp3) is 0.269. The van der Waals surface area contributed by atoms with Gasteiger partial charge in [-0.15, -0.1) is 0 Å². The molecule has 180 valence electrons. The van der Waals surface area contributed by atoms with Crippen molar-refractivity contribution in [3.05, 3.63) is 88.4 Å². The number of rotatable bonds is 9. The fourth-order valence-electron chi connectivity index (χ4n) is 3.55. The Morgan fingerprint density at radius 2 is 1.59 bits per heavy atom. The lowest BCUT2D eigenvalue weighted by Gasteiger charge is -2.26. The lowest BCUT2D eigenvalue weighted by molar-refractivity contribution is -0.120. The van der Waals surface area contributed by atoms with Gasteiger partial charge in [0.2, 0.25) is 5.91 Å². The van der Waals surface area contributed by atoms with Crippen molar-refractivity contribution in [3.63, 3.8) is 0 Å². The highest BCUT2D eigenvalue weighted by molar-refractivity contribution is 7.92. The van der Waals surface area contributed by atoms with Gasteiger partial charge in [0, 0.05) is 0 Å². The molecule has 0 spiro atoms. The maximum absolute atomic E-state index is 13.6. The molecule has 1 unspecified atom stereocenters. The molecule has 3 aromatic carbocycles. The minimum Gasteiger partial charge on any atom is -0.495 e. The minimum absolute atomic E-state index is 0.0865. The fourth-order valence-corrected chi connectivity index (χ4v) is 5.22. The van der Waals surface area contributed by atoms with Crippen LogP contribution in [-0.4, -0.2) is 28.0 Å². The first-order valence-electron chi connectivity index (χ1n) is 10.9. The van der Waals surface area contributed by atoms with Gasteiger partial charge >= 0.3 is 0 Å². The highest BCUT2D eigenvalue weighted by atomic mass is 35.5. The number of carbonyl (C=O) groups is 1. The SMILES string of the molecule is CCC(NC(=O)CN(c1ccc(OC)c(Cl)c1)S(=O)(=O)c1ccc(C)cc1)c1ccc(C)cc1. The van der Waals surface area contributed by atoms with Crippen LogP contribution in [0.5, 0.6) is 5.75 Å². The van der Waals surface area contributed by atoms with E-state index in [4.69, 9.17) is 16.3 Å². The number of benzene rings is 3. The Hall–Kier alpha value is -3.03. The molecule has 0 aliphatic carbocycles. The smallest absolute Gasteiger partial charge is 0.264 e. The first-order chi connectivity index (χ1) is 16.1. The number of amides is 1. The maximum atomic E-state index is 13.6. The van der Waals surface area contributed by atoms with Crippen molar-refractivity contribution < 1.29 is 17.9 Å². The van der Waals surface area contributed by atoms with Crippen LogP contribution in [0.15, 0.2) is 71.6 Å². The van der Waals surface area contributed by atoms with E-state index in [0.29, 0.717) is 12.2 Å². The van der Waals surface area contributed by atoms with E-state index in [2.05, 4.69) is 5.32 Å². The Morgan fingerprint density at radius 1 is 1.00 bits per heavy atom. The third kappa shape index (κ3) is 5.90. The number of sulfonamides is 1. The third-order valence-corrected chi connectivity index (χ3v) is 7.63. The van der Waals surface area contributed by atoms with Crippen LogP contribution >= 0.6 is 11.6 Å². The predicted molar refractivity (Wildman–Crippen MR) is 136 cm³/mol. The molecular weight excluding hydrogens is 472 g/mol. The zero-order chi connectivity index (χ0) is 24.9. The zero-order valence-corrected chi connectivity index (χ0v) is 21.3. The highest BCUT2D eigenvalue weighted by Crippen LogP contribution is 2.32. The number of hydrogen-bond acceptors (Lipinski definition) is 4. The molecule has 0 radical (unpaired) electrons. The average Bonchev–Trinajstić information content (AvgIpc) is 2.81. The largest absolute Gasteiger partial charge is 0.495 e. The van der Waals surface area contributed by atoms with Crippen molar-refractivity contribution in [1.29, 1.82) is 0 Å². The van der Waals surface area contributed by atoms with Crippen LogP contribution in [0.1, 0.15) is 36.1 Å². The summed E-state index contributed by atoms with van der Waals surface area (Å²) >= 11 is 6.28. The molecule has 0 saturated carbocycles. The maximum Gasteiger partial charge on any atom is 0.264 e. The Bertz CT molecular complexity index is 1240. The molecule has 0 bridgehead atoms. The number of aryl methyl sites for hydroxylation is 2. The van der Waals surface area contributed by atoms with Gasteiger partial charge in [0.1, 0.15) is 12.3 Å². The van der Waals surface area contributed by atoms with Gasteiger partial charge in [0.25, 0.3) is 10.0 Å². The van der Waals surface area contributed by atoms with E-state index in [1.807, 2.05) is 45.0 Å². The van der Waals surface area contributed by atoms with E-state index in [9.17, 15) is 13.2 Å². The molecule has 0 aliphatic rings. The molecule has 1 atom stereocenters. The van der Waals surface area contributed by atoms with Gasteiger partial charge in [-0.05, 0) is 56.2 Å². The van der Waals surface area contributed by atoms with Crippen molar-refractivity contribution in [3.8, 4) is 5.75 Å². The van der Waals surface area contributed by atoms with Crippen molar-refractivity contribution in [1.82, 2.24) is 5.32 Å². The summed E-state index contributed by atoms with van der Waals surface area (Å²) in [5.41, 5.74) is 3.28. The van der Waals surface area contributed by atoms with Gasteiger partial charge in [0.05, 0.1) is 28.8 Å². The van der Waals surface area contributed by atoms with Gasteiger partial charge < -0.3 is 10.1 Å². The molecule has 6 nitrogen and oxygen atoms in total. The van der Waals surface area contributed by atoms with Crippen molar-refractivity contribution >= 4 is 33.2 Å². The highest BCUT2D eigenvalue weighted by Gasteiger charge is 2.28. The molecule has 8 heteroatoms. The Morgan fingerprint density at radius 3 is 2.12 bits per heavy atom. The van der Waals surface area contributed by atoms with E-state index < -0.39 is 22.5 Å². The Kier molecular flexibility index (Phi) is 8.23. The molecule has 1 N–H and O–H groups in total. The Balaban J connectivity index is 1.94. The quantitative estimate of drug-likeness (QED) is 0.425. The molecule has 3 rings (SSSR count). The second-order valence-corrected chi connectivity index (χ2v) is 10.4. The summed E-state index contributed by atoms with van der Waals surface area (Å²) in [4.78, 5) is 13.2. The number of hydrogen-bond donors (Lipinski definition) is 1. The van der Waals surface area contributed by atoms with Crippen LogP contribution in [0.2, 0.25) is 5.02 Å². The van der Waals surface area contributed by atoms with E-state index in [-0.39, 0.29) is 21.6 Å². The molecule has 0 aromatic heterocycles. The van der Waals surface area contributed by atoms with Crippen molar-refractivity contribution in [2.75, 3.05) is 18.0 Å². The van der Waals surface area contributed by atoms with E-state index in [1.165, 1.54) is 25.3 Å². The second-order valence-electron chi connectivity index (χ2n) is 8.08. The number of anilines is 1.